The number of amides is 1. The number of nitrogens with one attached hydrogen (secondary N) is 1. The molecule has 0 atom stereocenters. The molecule has 134 valence electrons. The first kappa shape index (κ1) is 19.0. The number of carbonyl (C=O) groups excluding carboxylic acids is 1. The van der Waals surface area contributed by atoms with E-state index in [0.29, 0.717) is 49.9 Å². The molecule has 9 heteroatoms. The lowest BCUT2D eigenvalue weighted by Gasteiger charge is -2.33. The molecule has 7 nitrogen and oxygen atoms in total. The van der Waals surface area contributed by atoms with E-state index >= 15 is 0 Å². The van der Waals surface area contributed by atoms with Crippen LogP contribution in [0.1, 0.15) is 5.56 Å². The normalized spacial score (nSPS) is 16.2. The van der Waals surface area contributed by atoms with Crippen LogP contribution in [0.4, 0.5) is 4.79 Å². The molecule has 1 aromatic rings. The van der Waals surface area contributed by atoms with Gasteiger partial charge in [-0.15, -0.1) is 0 Å². The topological polar surface area (TPSA) is 79.0 Å². The molecule has 0 aliphatic carbocycles. The van der Waals surface area contributed by atoms with Crippen molar-refractivity contribution in [3.63, 3.8) is 0 Å². The van der Waals surface area contributed by atoms with Gasteiger partial charge in [0.05, 0.1) is 12.0 Å². The van der Waals surface area contributed by atoms with E-state index in [1.54, 1.807) is 24.0 Å². The van der Waals surface area contributed by atoms with Crippen LogP contribution in [0.5, 0.6) is 0 Å². The molecule has 0 saturated carbocycles. The third kappa shape index (κ3) is 4.83. The number of hydrogen-bond acceptors (Lipinski definition) is 5. The van der Waals surface area contributed by atoms with Crippen molar-refractivity contribution in [2.75, 3.05) is 46.4 Å². The summed E-state index contributed by atoms with van der Waals surface area (Å²) in [6.07, 6.45) is -0.327. The molecule has 1 fully saturated rings. The van der Waals surface area contributed by atoms with Crippen molar-refractivity contribution in [3.05, 3.63) is 28.8 Å². The quantitative estimate of drug-likeness (QED) is 0.839. The van der Waals surface area contributed by atoms with Crippen LogP contribution in [0.2, 0.25) is 5.02 Å². The fourth-order valence-corrected chi connectivity index (χ4v) is 4.09. The lowest BCUT2D eigenvalue weighted by Crippen LogP contribution is -2.50. The van der Waals surface area contributed by atoms with Gasteiger partial charge < -0.3 is 9.64 Å². The van der Waals surface area contributed by atoms with Crippen molar-refractivity contribution in [3.8, 4) is 0 Å². The first-order valence-electron chi connectivity index (χ1n) is 7.64. The number of methoxy groups -OCH3 is 1. The third-order valence-corrected chi connectivity index (χ3v) is 5.80. The summed E-state index contributed by atoms with van der Waals surface area (Å²) in [5.41, 5.74) is 0.651. The summed E-state index contributed by atoms with van der Waals surface area (Å²) in [6.45, 7) is 5.14. The van der Waals surface area contributed by atoms with Crippen LogP contribution in [-0.4, -0.2) is 70.7 Å². The molecule has 1 heterocycles. The molecule has 0 spiro atoms. The van der Waals surface area contributed by atoms with E-state index in [1.165, 1.54) is 13.2 Å². The van der Waals surface area contributed by atoms with Gasteiger partial charge in [-0.05, 0) is 24.6 Å². The Balaban J connectivity index is 1.84. The van der Waals surface area contributed by atoms with E-state index in [2.05, 4.69) is 14.4 Å². The average Bonchev–Trinajstić information content (AvgIpc) is 2.56. The molecule has 0 radical (unpaired) electrons. The van der Waals surface area contributed by atoms with Gasteiger partial charge in [0.25, 0.3) is 0 Å². The van der Waals surface area contributed by atoms with Crippen molar-refractivity contribution in [2.24, 2.45) is 0 Å². The van der Waals surface area contributed by atoms with Gasteiger partial charge in [-0.2, -0.15) is 0 Å². The molecular weight excluding hydrogens is 354 g/mol. The van der Waals surface area contributed by atoms with Crippen molar-refractivity contribution < 1.29 is 17.9 Å². The van der Waals surface area contributed by atoms with Gasteiger partial charge in [0.15, 0.2) is 0 Å². The van der Waals surface area contributed by atoms with Crippen molar-refractivity contribution >= 4 is 27.7 Å². The van der Waals surface area contributed by atoms with Gasteiger partial charge in [-0.1, -0.05) is 17.7 Å². The second-order valence-corrected chi connectivity index (χ2v) is 7.78. The van der Waals surface area contributed by atoms with Crippen molar-refractivity contribution in [2.45, 2.75) is 11.8 Å². The Morgan fingerprint density at radius 2 is 1.96 bits per heavy atom. The molecule has 1 amide bonds. The second kappa shape index (κ2) is 8.15. The fourth-order valence-electron chi connectivity index (χ4n) is 2.56. The zero-order valence-electron chi connectivity index (χ0n) is 13.8. The lowest BCUT2D eigenvalue weighted by molar-refractivity contribution is 0.0918. The third-order valence-electron chi connectivity index (χ3n) is 3.96. The molecule has 1 saturated heterocycles. The van der Waals surface area contributed by atoms with E-state index in [1.807, 2.05) is 0 Å². The number of nitrogens with zero attached hydrogens (tertiary/aromatic N) is 2. The molecule has 24 heavy (non-hydrogen) atoms. The van der Waals surface area contributed by atoms with Gasteiger partial charge in [0.2, 0.25) is 10.0 Å². The van der Waals surface area contributed by atoms with Crippen LogP contribution in [0.25, 0.3) is 0 Å². The Labute approximate surface area is 147 Å². The zero-order valence-corrected chi connectivity index (χ0v) is 15.4. The Morgan fingerprint density at radius 1 is 1.29 bits per heavy atom. The number of piperazine rings is 1. The van der Waals surface area contributed by atoms with Gasteiger partial charge in [0, 0.05) is 44.3 Å². The minimum atomic E-state index is -3.59. The highest BCUT2D eigenvalue weighted by Gasteiger charge is 2.22. The van der Waals surface area contributed by atoms with Crippen LogP contribution in [0.15, 0.2) is 23.1 Å². The molecule has 1 aliphatic heterocycles. The standard InChI is InChI=1S/C15H22ClN3O4S/c1-12-3-4-13(16)11-14(12)24(21,22)17-5-6-18-7-9-19(10-8-18)15(20)23-2/h3-4,11,17H,5-10H2,1-2H3. The highest BCUT2D eigenvalue weighted by molar-refractivity contribution is 7.89. The Hall–Kier alpha value is -1.35. The van der Waals surface area contributed by atoms with E-state index in [0.717, 1.165) is 0 Å². The summed E-state index contributed by atoms with van der Waals surface area (Å²) in [7, 11) is -2.23. The molecule has 0 unspecified atom stereocenters. The molecule has 0 aromatic heterocycles. The molecular formula is C15H22ClN3O4S. The maximum atomic E-state index is 12.4. The van der Waals surface area contributed by atoms with Crippen LogP contribution in [0.3, 0.4) is 0 Å². The zero-order chi connectivity index (χ0) is 17.7. The minimum Gasteiger partial charge on any atom is -0.453 e. The number of aryl methyl sites for hydroxylation is 1. The summed E-state index contributed by atoms with van der Waals surface area (Å²) in [5.74, 6) is 0. The maximum absolute atomic E-state index is 12.4. The lowest BCUT2D eigenvalue weighted by atomic mass is 10.2. The van der Waals surface area contributed by atoms with E-state index in [9.17, 15) is 13.2 Å². The first-order chi connectivity index (χ1) is 11.3. The number of rotatable bonds is 5. The maximum Gasteiger partial charge on any atom is 0.409 e. The molecule has 1 aromatic carbocycles. The molecule has 1 aliphatic rings. The van der Waals surface area contributed by atoms with Gasteiger partial charge in [-0.25, -0.2) is 17.9 Å². The molecule has 2 rings (SSSR count). The van der Waals surface area contributed by atoms with Crippen LogP contribution >= 0.6 is 11.6 Å². The smallest absolute Gasteiger partial charge is 0.409 e. The highest BCUT2D eigenvalue weighted by atomic mass is 35.5. The number of hydrogen-bond donors (Lipinski definition) is 1. The predicted molar refractivity (Wildman–Crippen MR) is 91.8 cm³/mol. The SMILES string of the molecule is COC(=O)N1CCN(CCNS(=O)(=O)c2cc(Cl)ccc2C)CC1. The number of halogens is 1. The Bertz CT molecular complexity index is 688. The molecule has 0 bridgehead atoms. The summed E-state index contributed by atoms with van der Waals surface area (Å²) in [5, 5.41) is 0.389. The monoisotopic (exact) mass is 375 g/mol. The van der Waals surface area contributed by atoms with Gasteiger partial charge in [-0.3, -0.25) is 4.90 Å². The number of benzene rings is 1. The first-order valence-corrected chi connectivity index (χ1v) is 9.50. The van der Waals surface area contributed by atoms with Gasteiger partial charge >= 0.3 is 6.09 Å². The number of sulfonamides is 1. The summed E-state index contributed by atoms with van der Waals surface area (Å²) >= 11 is 5.89. The summed E-state index contributed by atoms with van der Waals surface area (Å²) in [4.78, 5) is 15.4. The van der Waals surface area contributed by atoms with E-state index in [4.69, 9.17) is 11.6 Å². The Morgan fingerprint density at radius 3 is 2.58 bits per heavy atom. The minimum absolute atomic E-state index is 0.200. The predicted octanol–water partition coefficient (Wildman–Crippen LogP) is 1.31. The van der Waals surface area contributed by atoms with E-state index < -0.39 is 10.0 Å². The molecule has 1 N–H and O–H groups in total. The van der Waals surface area contributed by atoms with Crippen molar-refractivity contribution in [1.29, 1.82) is 0 Å². The van der Waals surface area contributed by atoms with Crippen LogP contribution < -0.4 is 4.72 Å². The van der Waals surface area contributed by atoms with Gasteiger partial charge in [0.1, 0.15) is 0 Å². The largest absolute Gasteiger partial charge is 0.453 e. The summed E-state index contributed by atoms with van der Waals surface area (Å²) in [6, 6.07) is 4.80. The van der Waals surface area contributed by atoms with Crippen LogP contribution in [-0.2, 0) is 14.8 Å². The van der Waals surface area contributed by atoms with E-state index in [-0.39, 0.29) is 11.0 Å². The number of carbonyl (C=O) groups is 1. The Kier molecular flexibility index (Phi) is 6.45. The second-order valence-electron chi connectivity index (χ2n) is 5.61. The van der Waals surface area contributed by atoms with Crippen molar-refractivity contribution in [1.82, 2.24) is 14.5 Å². The number of ether oxygens (including phenoxy) is 1. The fraction of sp³-hybridized carbons (Fsp3) is 0.533. The van der Waals surface area contributed by atoms with Crippen LogP contribution in [0, 0.1) is 6.92 Å². The summed E-state index contributed by atoms with van der Waals surface area (Å²) < 4.78 is 32.0. The highest BCUT2D eigenvalue weighted by Crippen LogP contribution is 2.19. The average molecular weight is 376 g/mol.